The molecular formula is C29H35N3O7S. The third kappa shape index (κ3) is 6.04. The standard InChI is InChI=1S/C29H35N3O7S/c1-6-13-39-28(35)25-18(3)30-29-32(26(25)22-15-21(36-4)10-11-23(22)37-5)20(17-40-29)14-24(33)31-12-8-9-19(16-31)27(34)38-7-2/h6,10-11,15,17,19,26H,1,7-9,12-14,16H2,2-5H3/t19-,26+/m0/s1. The first-order valence-electron chi connectivity index (χ1n) is 13.2. The lowest BCUT2D eigenvalue weighted by molar-refractivity contribution is -0.151. The molecule has 0 radical (unpaired) electrons. The number of nitrogens with zero attached hydrogens (tertiary/aromatic N) is 3. The minimum atomic E-state index is -0.683. The van der Waals surface area contributed by atoms with E-state index in [4.69, 9.17) is 23.9 Å². The van der Waals surface area contributed by atoms with E-state index in [9.17, 15) is 14.4 Å². The van der Waals surface area contributed by atoms with Crippen LogP contribution in [0, 0.1) is 5.92 Å². The van der Waals surface area contributed by atoms with Crippen molar-refractivity contribution in [3.8, 4) is 11.5 Å². The number of rotatable bonds is 10. The van der Waals surface area contributed by atoms with E-state index in [-0.39, 0.29) is 30.8 Å². The average molecular weight is 570 g/mol. The van der Waals surface area contributed by atoms with Crippen LogP contribution in [0.3, 0.4) is 0 Å². The summed E-state index contributed by atoms with van der Waals surface area (Å²) in [5, 5.41) is 2.52. The molecular weight excluding hydrogens is 534 g/mol. The highest BCUT2D eigenvalue weighted by Gasteiger charge is 2.43. The zero-order chi connectivity index (χ0) is 28.8. The molecule has 1 saturated heterocycles. The topological polar surface area (TPSA) is 107 Å². The lowest BCUT2D eigenvalue weighted by Crippen LogP contribution is -2.44. The Morgan fingerprint density at radius 3 is 2.70 bits per heavy atom. The van der Waals surface area contributed by atoms with Gasteiger partial charge in [0.1, 0.15) is 18.1 Å². The number of amides is 1. The summed E-state index contributed by atoms with van der Waals surface area (Å²) in [6, 6.07) is 4.69. The van der Waals surface area contributed by atoms with Crippen molar-refractivity contribution in [2.45, 2.75) is 39.2 Å². The SMILES string of the molecule is C=CCOC(=O)C1=C(C)N=C2SC=C(CC(=O)N3CCC[C@H](C(=O)OCC)C3)N2[C@@H]1c1cc(OC)ccc1OC. The van der Waals surface area contributed by atoms with Crippen LogP contribution in [0.5, 0.6) is 11.5 Å². The lowest BCUT2D eigenvalue weighted by atomic mass is 9.92. The summed E-state index contributed by atoms with van der Waals surface area (Å²) in [5.74, 6) is -0.115. The van der Waals surface area contributed by atoms with Gasteiger partial charge in [0.05, 0.1) is 50.5 Å². The van der Waals surface area contributed by atoms with Crippen LogP contribution in [0.1, 0.15) is 44.7 Å². The maximum Gasteiger partial charge on any atom is 0.338 e. The number of ether oxygens (including phenoxy) is 4. The van der Waals surface area contributed by atoms with Crippen molar-refractivity contribution < 1.29 is 33.3 Å². The third-order valence-electron chi connectivity index (χ3n) is 7.01. The molecule has 0 bridgehead atoms. The van der Waals surface area contributed by atoms with Gasteiger partial charge in [0.15, 0.2) is 5.17 Å². The Morgan fingerprint density at radius 1 is 1.20 bits per heavy atom. The van der Waals surface area contributed by atoms with E-state index in [1.807, 2.05) is 16.4 Å². The Balaban J connectivity index is 1.68. The molecule has 1 fully saturated rings. The number of benzene rings is 1. The van der Waals surface area contributed by atoms with Gasteiger partial charge in [-0.2, -0.15) is 0 Å². The van der Waals surface area contributed by atoms with Crippen molar-refractivity contribution in [1.29, 1.82) is 0 Å². The molecule has 1 aromatic carbocycles. The summed E-state index contributed by atoms with van der Waals surface area (Å²) in [6.07, 6.45) is 3.00. The average Bonchev–Trinajstić information content (AvgIpc) is 3.36. The first kappa shape index (κ1) is 29.3. The van der Waals surface area contributed by atoms with Crippen LogP contribution in [0.4, 0.5) is 0 Å². The molecule has 0 unspecified atom stereocenters. The third-order valence-corrected chi connectivity index (χ3v) is 7.90. The molecule has 3 heterocycles. The number of carbonyl (C=O) groups is 3. The second-order valence-corrected chi connectivity index (χ2v) is 10.3. The van der Waals surface area contributed by atoms with Crippen molar-refractivity contribution >= 4 is 34.8 Å². The highest BCUT2D eigenvalue weighted by Crippen LogP contribution is 2.47. The molecule has 214 valence electrons. The van der Waals surface area contributed by atoms with Crippen LogP contribution in [-0.4, -0.2) is 73.3 Å². The van der Waals surface area contributed by atoms with Crippen LogP contribution in [0.15, 0.2) is 58.2 Å². The normalized spacial score (nSPS) is 20.3. The molecule has 10 nitrogen and oxygen atoms in total. The molecule has 1 aromatic rings. The van der Waals surface area contributed by atoms with Crippen LogP contribution in [0.2, 0.25) is 0 Å². The van der Waals surface area contributed by atoms with Crippen molar-refractivity contribution in [2.75, 3.05) is 40.5 Å². The van der Waals surface area contributed by atoms with Crippen LogP contribution in [-0.2, 0) is 23.9 Å². The predicted octanol–water partition coefficient (Wildman–Crippen LogP) is 4.20. The molecule has 0 spiro atoms. The number of likely N-dealkylation sites (tertiary alicyclic amines) is 1. The Kier molecular flexibility index (Phi) is 9.57. The van der Waals surface area contributed by atoms with Gasteiger partial charge in [0.2, 0.25) is 5.91 Å². The fraction of sp³-hybridized carbons (Fsp3) is 0.448. The number of hydrogen-bond acceptors (Lipinski definition) is 10. The second kappa shape index (κ2) is 13.1. The van der Waals surface area contributed by atoms with E-state index in [1.165, 1.54) is 17.8 Å². The second-order valence-electron chi connectivity index (χ2n) is 9.50. The van der Waals surface area contributed by atoms with Gasteiger partial charge in [-0.3, -0.25) is 9.59 Å². The van der Waals surface area contributed by atoms with Gasteiger partial charge in [0, 0.05) is 24.4 Å². The first-order chi connectivity index (χ1) is 19.3. The summed E-state index contributed by atoms with van der Waals surface area (Å²) in [4.78, 5) is 47.6. The van der Waals surface area contributed by atoms with Gasteiger partial charge in [-0.15, -0.1) is 0 Å². The fourth-order valence-corrected chi connectivity index (χ4v) is 6.08. The number of fused-ring (bicyclic) bond motifs is 1. The summed E-state index contributed by atoms with van der Waals surface area (Å²) in [5.41, 5.74) is 2.19. The molecule has 0 saturated carbocycles. The van der Waals surface area contributed by atoms with Gasteiger partial charge in [-0.05, 0) is 50.3 Å². The summed E-state index contributed by atoms with van der Waals surface area (Å²) < 4.78 is 21.9. The Hall–Kier alpha value is -3.73. The molecule has 11 heteroatoms. The maximum absolute atomic E-state index is 13.5. The number of allylic oxidation sites excluding steroid dienone is 1. The smallest absolute Gasteiger partial charge is 0.338 e. The Labute approximate surface area is 238 Å². The van der Waals surface area contributed by atoms with E-state index in [0.717, 1.165) is 6.42 Å². The van der Waals surface area contributed by atoms with Gasteiger partial charge >= 0.3 is 11.9 Å². The highest BCUT2D eigenvalue weighted by molar-refractivity contribution is 8.16. The number of amidine groups is 1. The summed E-state index contributed by atoms with van der Waals surface area (Å²) in [6.45, 7) is 8.43. The van der Waals surface area contributed by atoms with Crippen LogP contribution >= 0.6 is 11.8 Å². The minimum absolute atomic E-state index is 0.0423. The molecule has 0 aliphatic carbocycles. The summed E-state index contributed by atoms with van der Waals surface area (Å²) in [7, 11) is 3.13. The van der Waals surface area contributed by atoms with Crippen molar-refractivity contribution in [2.24, 2.45) is 10.9 Å². The van der Waals surface area contributed by atoms with Crippen LogP contribution < -0.4 is 9.47 Å². The molecule has 2 atom stereocenters. The molecule has 0 N–H and O–H groups in total. The summed E-state index contributed by atoms with van der Waals surface area (Å²) >= 11 is 1.39. The number of hydrogen-bond donors (Lipinski definition) is 0. The maximum atomic E-state index is 13.5. The van der Waals surface area contributed by atoms with Gasteiger partial charge in [0.25, 0.3) is 0 Å². The molecule has 1 amide bonds. The molecule has 3 aliphatic heterocycles. The number of esters is 2. The lowest BCUT2D eigenvalue weighted by Gasteiger charge is -2.37. The minimum Gasteiger partial charge on any atom is -0.497 e. The number of piperidine rings is 1. The molecule has 4 rings (SSSR count). The van der Waals surface area contributed by atoms with Crippen LogP contribution in [0.25, 0.3) is 0 Å². The first-order valence-corrected chi connectivity index (χ1v) is 14.1. The Morgan fingerprint density at radius 2 is 2.00 bits per heavy atom. The van der Waals surface area contributed by atoms with E-state index in [2.05, 4.69) is 6.58 Å². The van der Waals surface area contributed by atoms with Crippen molar-refractivity contribution in [1.82, 2.24) is 9.80 Å². The van der Waals surface area contributed by atoms with E-state index in [0.29, 0.717) is 65.3 Å². The van der Waals surface area contributed by atoms with Crippen molar-refractivity contribution in [3.63, 3.8) is 0 Å². The van der Waals surface area contributed by atoms with E-state index < -0.39 is 12.0 Å². The zero-order valence-corrected chi connectivity index (χ0v) is 24.1. The van der Waals surface area contributed by atoms with E-state index >= 15 is 0 Å². The quantitative estimate of drug-likeness (QED) is 0.303. The Bertz CT molecular complexity index is 1270. The fourth-order valence-electron chi connectivity index (χ4n) is 5.11. The van der Waals surface area contributed by atoms with Crippen molar-refractivity contribution in [3.05, 3.63) is 58.8 Å². The zero-order valence-electron chi connectivity index (χ0n) is 23.3. The predicted molar refractivity (Wildman–Crippen MR) is 152 cm³/mol. The number of carbonyl (C=O) groups excluding carboxylic acids is 3. The monoisotopic (exact) mass is 569 g/mol. The molecule has 40 heavy (non-hydrogen) atoms. The number of thioether (sulfide) groups is 1. The molecule has 3 aliphatic rings. The molecule has 0 aromatic heterocycles. The van der Waals surface area contributed by atoms with E-state index in [1.54, 1.807) is 45.1 Å². The largest absolute Gasteiger partial charge is 0.497 e. The van der Waals surface area contributed by atoms with Gasteiger partial charge in [-0.25, -0.2) is 9.79 Å². The highest BCUT2D eigenvalue weighted by atomic mass is 32.2. The number of aliphatic imine (C=N–C) groups is 1. The number of methoxy groups -OCH3 is 2. The van der Waals surface area contributed by atoms with Gasteiger partial charge < -0.3 is 28.7 Å². The van der Waals surface area contributed by atoms with Gasteiger partial charge in [-0.1, -0.05) is 24.4 Å².